The van der Waals surface area contributed by atoms with E-state index in [1.807, 2.05) is 73.1 Å². The monoisotopic (exact) mass is 394 g/mol. The van der Waals surface area contributed by atoms with Crippen molar-refractivity contribution in [2.24, 2.45) is 0 Å². The summed E-state index contributed by atoms with van der Waals surface area (Å²) in [6.07, 6.45) is 0. The van der Waals surface area contributed by atoms with Gasteiger partial charge in [-0.3, -0.25) is 9.69 Å². The highest BCUT2D eigenvalue weighted by Gasteiger charge is 2.35. The first-order valence-electron chi connectivity index (χ1n) is 9.42. The van der Waals surface area contributed by atoms with Crippen molar-refractivity contribution in [3.63, 3.8) is 0 Å². The third kappa shape index (κ3) is 3.55. The van der Waals surface area contributed by atoms with Crippen LogP contribution in [0.2, 0.25) is 5.02 Å². The lowest BCUT2D eigenvalue weighted by molar-refractivity contribution is -0.129. The van der Waals surface area contributed by atoms with Crippen molar-refractivity contribution >= 4 is 17.5 Å². The quantitative estimate of drug-likeness (QED) is 0.731. The van der Waals surface area contributed by atoms with E-state index in [-0.39, 0.29) is 11.9 Å². The minimum absolute atomic E-state index is 0.0205. The molecule has 1 aromatic heterocycles. The van der Waals surface area contributed by atoms with Crippen LogP contribution in [0.25, 0.3) is 5.69 Å². The Bertz CT molecular complexity index is 999. The number of nitrogens with zero attached hydrogens (tertiary/aromatic N) is 3. The van der Waals surface area contributed by atoms with E-state index in [1.54, 1.807) is 0 Å². The molecule has 1 atom stereocenters. The van der Waals surface area contributed by atoms with E-state index in [0.29, 0.717) is 18.1 Å². The summed E-state index contributed by atoms with van der Waals surface area (Å²) in [5, 5.41) is 8.46. The molecule has 2 aromatic carbocycles. The highest BCUT2D eigenvalue weighted by Crippen LogP contribution is 2.31. The molecular weight excluding hydrogens is 372 g/mol. The van der Waals surface area contributed by atoms with Crippen LogP contribution in [0.3, 0.4) is 0 Å². The second-order valence-electron chi connectivity index (χ2n) is 7.13. The number of nitrogens with one attached hydrogen (secondary N) is 1. The molecule has 1 unspecified atom stereocenters. The summed E-state index contributed by atoms with van der Waals surface area (Å²) in [6, 6.07) is 17.4. The summed E-state index contributed by atoms with van der Waals surface area (Å²) in [6.45, 7) is 6.08. The van der Waals surface area contributed by atoms with Gasteiger partial charge in [0.25, 0.3) is 0 Å². The Hall–Kier alpha value is -2.63. The molecule has 6 heteroatoms. The molecule has 0 radical (unpaired) electrons. The maximum Gasteiger partial charge on any atom is 0.242 e. The number of halogens is 1. The Balaban J connectivity index is 1.72. The number of carbonyl (C=O) groups excluding carboxylic acids is 1. The molecule has 2 heterocycles. The summed E-state index contributed by atoms with van der Waals surface area (Å²) >= 11 is 6.16. The summed E-state index contributed by atoms with van der Waals surface area (Å²) < 4.78 is 1.92. The van der Waals surface area contributed by atoms with E-state index >= 15 is 0 Å². The van der Waals surface area contributed by atoms with Crippen LogP contribution in [-0.4, -0.2) is 33.7 Å². The van der Waals surface area contributed by atoms with Gasteiger partial charge in [-0.25, -0.2) is 4.68 Å². The Morgan fingerprint density at radius 2 is 1.93 bits per heavy atom. The van der Waals surface area contributed by atoms with Crippen LogP contribution in [-0.2, 0) is 11.3 Å². The van der Waals surface area contributed by atoms with Gasteiger partial charge in [-0.15, -0.1) is 0 Å². The fourth-order valence-corrected chi connectivity index (χ4v) is 4.15. The summed E-state index contributed by atoms with van der Waals surface area (Å²) in [7, 11) is 0. The highest BCUT2D eigenvalue weighted by molar-refractivity contribution is 6.30. The lowest BCUT2D eigenvalue weighted by Crippen LogP contribution is -2.49. The highest BCUT2D eigenvalue weighted by atomic mass is 35.5. The summed E-state index contributed by atoms with van der Waals surface area (Å²) in [4.78, 5) is 15.1. The van der Waals surface area contributed by atoms with E-state index < -0.39 is 0 Å². The topological polar surface area (TPSA) is 50.2 Å². The Kier molecular flexibility index (Phi) is 5.20. The van der Waals surface area contributed by atoms with Crippen molar-refractivity contribution in [3.05, 3.63) is 82.1 Å². The van der Waals surface area contributed by atoms with Gasteiger partial charge in [-0.1, -0.05) is 41.9 Å². The Labute approximate surface area is 169 Å². The smallest absolute Gasteiger partial charge is 0.242 e. The van der Waals surface area contributed by atoms with Gasteiger partial charge in [0.1, 0.15) is 6.04 Å². The third-order valence-electron chi connectivity index (χ3n) is 5.21. The normalized spacial score (nSPS) is 17.5. The Morgan fingerprint density at radius 3 is 2.68 bits per heavy atom. The van der Waals surface area contributed by atoms with Gasteiger partial charge in [0.05, 0.1) is 11.4 Å². The molecule has 144 valence electrons. The Morgan fingerprint density at radius 1 is 1.14 bits per heavy atom. The molecular formula is C22H23ClN4O. The van der Waals surface area contributed by atoms with Crippen molar-refractivity contribution in [1.29, 1.82) is 0 Å². The minimum Gasteiger partial charge on any atom is -0.353 e. The average Bonchev–Trinajstić information content (AvgIpc) is 2.97. The number of carbonyl (C=O) groups is 1. The van der Waals surface area contributed by atoms with Gasteiger partial charge in [0, 0.05) is 35.9 Å². The molecule has 0 aliphatic carbocycles. The molecule has 1 fully saturated rings. The number of benzene rings is 2. The van der Waals surface area contributed by atoms with E-state index in [1.165, 1.54) is 0 Å². The maximum absolute atomic E-state index is 12.9. The van der Waals surface area contributed by atoms with E-state index in [9.17, 15) is 4.79 Å². The van der Waals surface area contributed by atoms with Gasteiger partial charge in [0.15, 0.2) is 0 Å². The van der Waals surface area contributed by atoms with Gasteiger partial charge < -0.3 is 5.32 Å². The first-order valence-corrected chi connectivity index (χ1v) is 9.80. The number of aromatic nitrogens is 2. The predicted molar refractivity (Wildman–Crippen MR) is 111 cm³/mol. The van der Waals surface area contributed by atoms with Gasteiger partial charge in [0.2, 0.25) is 5.91 Å². The lowest BCUT2D eigenvalue weighted by atomic mass is 9.99. The van der Waals surface area contributed by atoms with Crippen LogP contribution in [0.4, 0.5) is 0 Å². The van der Waals surface area contributed by atoms with Crippen molar-refractivity contribution in [3.8, 4) is 5.69 Å². The molecule has 5 nitrogen and oxygen atoms in total. The molecule has 0 bridgehead atoms. The molecule has 1 aliphatic rings. The molecule has 1 amide bonds. The molecule has 28 heavy (non-hydrogen) atoms. The number of para-hydroxylation sites is 1. The van der Waals surface area contributed by atoms with Crippen molar-refractivity contribution in [2.75, 3.05) is 13.1 Å². The predicted octanol–water partition coefficient (Wildman–Crippen LogP) is 3.82. The van der Waals surface area contributed by atoms with Crippen LogP contribution in [0.1, 0.15) is 28.6 Å². The zero-order valence-electron chi connectivity index (χ0n) is 16.0. The second kappa shape index (κ2) is 7.78. The zero-order chi connectivity index (χ0) is 19.7. The second-order valence-corrected chi connectivity index (χ2v) is 7.56. The van der Waals surface area contributed by atoms with Crippen LogP contribution >= 0.6 is 11.6 Å². The van der Waals surface area contributed by atoms with Crippen molar-refractivity contribution in [1.82, 2.24) is 20.0 Å². The fourth-order valence-electron chi connectivity index (χ4n) is 3.94. The first kappa shape index (κ1) is 18.7. The number of amides is 1. The van der Waals surface area contributed by atoms with Crippen LogP contribution in [0, 0.1) is 13.8 Å². The molecule has 1 N–H and O–H groups in total. The number of rotatable bonds is 4. The standard InChI is InChI=1S/C22H23ClN4O/c1-15-20(16(2)27(25-15)19-9-4-3-5-10-19)21-22(28)24-11-12-26(21)14-17-7-6-8-18(23)13-17/h3-10,13,21H,11-12,14H2,1-2H3,(H,24,28). The van der Waals surface area contributed by atoms with Crippen LogP contribution in [0.5, 0.6) is 0 Å². The number of aryl methyl sites for hydroxylation is 1. The first-order chi connectivity index (χ1) is 13.5. The SMILES string of the molecule is Cc1nn(-c2ccccc2)c(C)c1C1C(=O)NCCN1Cc1cccc(Cl)c1. The van der Waals surface area contributed by atoms with Crippen molar-refractivity contribution in [2.45, 2.75) is 26.4 Å². The lowest BCUT2D eigenvalue weighted by Gasteiger charge is -2.35. The van der Waals surface area contributed by atoms with Gasteiger partial charge >= 0.3 is 0 Å². The molecule has 4 rings (SSSR count). The van der Waals surface area contributed by atoms with Gasteiger partial charge in [-0.05, 0) is 43.7 Å². The maximum atomic E-state index is 12.9. The molecule has 0 saturated carbocycles. The molecule has 3 aromatic rings. The number of hydrogen-bond donors (Lipinski definition) is 1. The molecule has 1 saturated heterocycles. The average molecular weight is 395 g/mol. The van der Waals surface area contributed by atoms with E-state index in [4.69, 9.17) is 16.7 Å². The number of hydrogen-bond acceptors (Lipinski definition) is 3. The van der Waals surface area contributed by atoms with E-state index in [0.717, 1.165) is 34.7 Å². The fraction of sp³-hybridized carbons (Fsp3) is 0.273. The number of piperazine rings is 1. The van der Waals surface area contributed by atoms with Crippen LogP contribution < -0.4 is 5.32 Å². The largest absolute Gasteiger partial charge is 0.353 e. The van der Waals surface area contributed by atoms with Crippen molar-refractivity contribution < 1.29 is 4.79 Å². The molecule has 0 spiro atoms. The van der Waals surface area contributed by atoms with Gasteiger partial charge in [-0.2, -0.15) is 5.10 Å². The molecule has 1 aliphatic heterocycles. The summed E-state index contributed by atoms with van der Waals surface area (Å²) in [5.74, 6) is 0.0205. The zero-order valence-corrected chi connectivity index (χ0v) is 16.8. The third-order valence-corrected chi connectivity index (χ3v) is 5.44. The minimum atomic E-state index is -0.370. The van der Waals surface area contributed by atoms with E-state index in [2.05, 4.69) is 10.2 Å². The summed E-state index contributed by atoms with van der Waals surface area (Å²) in [5.41, 5.74) is 4.93. The van der Waals surface area contributed by atoms with Crippen LogP contribution in [0.15, 0.2) is 54.6 Å².